The van der Waals surface area contributed by atoms with Gasteiger partial charge in [0.2, 0.25) is 5.91 Å². The van der Waals surface area contributed by atoms with Gasteiger partial charge in [-0.1, -0.05) is 13.3 Å². The Bertz CT molecular complexity index is 320. The van der Waals surface area contributed by atoms with Crippen molar-refractivity contribution >= 4 is 11.9 Å². The van der Waals surface area contributed by atoms with Crippen molar-refractivity contribution in [3.63, 3.8) is 0 Å². The van der Waals surface area contributed by atoms with Crippen LogP contribution >= 0.6 is 0 Å². The van der Waals surface area contributed by atoms with Crippen LogP contribution in [0, 0.1) is 5.92 Å². The van der Waals surface area contributed by atoms with Gasteiger partial charge in [-0.05, 0) is 39.2 Å². The minimum Gasteiger partial charge on any atom is -0.481 e. The molecule has 0 aliphatic carbocycles. The third-order valence-corrected chi connectivity index (χ3v) is 4.01. The molecule has 5 nitrogen and oxygen atoms in total. The first kappa shape index (κ1) is 16.0. The number of hydrogen-bond acceptors (Lipinski definition) is 3. The molecule has 3 unspecified atom stereocenters. The standard InChI is InChI=1S/C14H26N2O3/c1-4-11-6-7-15-12(9-11)14(19)16(5-2)10(3)8-13(17)18/h10-12,15H,4-9H2,1-3H3,(H,17,18). The molecule has 1 aliphatic rings. The molecule has 0 bridgehead atoms. The summed E-state index contributed by atoms with van der Waals surface area (Å²) in [6.07, 6.45) is 3.09. The summed E-state index contributed by atoms with van der Waals surface area (Å²) in [6.45, 7) is 7.29. The van der Waals surface area contributed by atoms with Crippen LogP contribution in [0.3, 0.4) is 0 Å². The van der Waals surface area contributed by atoms with E-state index in [9.17, 15) is 9.59 Å². The lowest BCUT2D eigenvalue weighted by atomic mass is 9.89. The van der Waals surface area contributed by atoms with E-state index in [2.05, 4.69) is 12.2 Å². The maximum atomic E-state index is 12.5. The number of aliphatic carboxylic acids is 1. The highest BCUT2D eigenvalue weighted by molar-refractivity contribution is 5.83. The molecule has 0 aromatic carbocycles. The Morgan fingerprint density at radius 1 is 1.42 bits per heavy atom. The molecule has 2 N–H and O–H groups in total. The molecule has 0 spiro atoms. The molecule has 1 fully saturated rings. The number of likely N-dealkylation sites (N-methyl/N-ethyl adjacent to an activating group) is 1. The number of nitrogens with zero attached hydrogens (tertiary/aromatic N) is 1. The summed E-state index contributed by atoms with van der Waals surface area (Å²) in [6, 6.07) is -0.395. The lowest BCUT2D eigenvalue weighted by Gasteiger charge is -2.35. The molecular weight excluding hydrogens is 244 g/mol. The minimum absolute atomic E-state index is 0.00348. The van der Waals surface area contributed by atoms with Crippen molar-refractivity contribution < 1.29 is 14.7 Å². The zero-order chi connectivity index (χ0) is 14.4. The molecule has 0 saturated carbocycles. The average molecular weight is 270 g/mol. The summed E-state index contributed by atoms with van der Waals surface area (Å²) in [4.78, 5) is 24.9. The van der Waals surface area contributed by atoms with Gasteiger partial charge in [-0.25, -0.2) is 0 Å². The van der Waals surface area contributed by atoms with Crippen LogP contribution in [-0.2, 0) is 9.59 Å². The normalized spacial score (nSPS) is 24.8. The number of rotatable bonds is 6. The zero-order valence-electron chi connectivity index (χ0n) is 12.2. The van der Waals surface area contributed by atoms with Crippen molar-refractivity contribution in [3.05, 3.63) is 0 Å². The number of carbonyl (C=O) groups is 2. The molecule has 110 valence electrons. The van der Waals surface area contributed by atoms with Crippen molar-refractivity contribution in [2.24, 2.45) is 5.92 Å². The van der Waals surface area contributed by atoms with Crippen molar-refractivity contribution in [1.82, 2.24) is 10.2 Å². The highest BCUT2D eigenvalue weighted by atomic mass is 16.4. The van der Waals surface area contributed by atoms with Crippen LogP contribution in [-0.4, -0.2) is 47.1 Å². The van der Waals surface area contributed by atoms with Crippen LogP contribution in [0.4, 0.5) is 0 Å². The van der Waals surface area contributed by atoms with E-state index in [1.807, 2.05) is 6.92 Å². The molecule has 1 rings (SSSR count). The molecular formula is C14H26N2O3. The Morgan fingerprint density at radius 2 is 2.11 bits per heavy atom. The van der Waals surface area contributed by atoms with Gasteiger partial charge < -0.3 is 15.3 Å². The van der Waals surface area contributed by atoms with Crippen molar-refractivity contribution in [1.29, 1.82) is 0 Å². The predicted molar refractivity (Wildman–Crippen MR) is 73.9 cm³/mol. The quantitative estimate of drug-likeness (QED) is 0.767. The predicted octanol–water partition coefficient (Wildman–Crippen LogP) is 1.48. The van der Waals surface area contributed by atoms with E-state index >= 15 is 0 Å². The molecule has 0 aromatic rings. The fraction of sp³-hybridized carbons (Fsp3) is 0.857. The average Bonchev–Trinajstić information content (AvgIpc) is 2.38. The molecule has 1 aliphatic heterocycles. The summed E-state index contributed by atoms with van der Waals surface area (Å²) in [5.41, 5.74) is 0. The van der Waals surface area contributed by atoms with E-state index in [4.69, 9.17) is 5.11 Å². The first-order chi connectivity index (χ1) is 8.99. The minimum atomic E-state index is -0.859. The van der Waals surface area contributed by atoms with Crippen LogP contribution in [0.1, 0.15) is 46.5 Å². The van der Waals surface area contributed by atoms with Crippen LogP contribution in [0.5, 0.6) is 0 Å². The first-order valence-electron chi connectivity index (χ1n) is 7.25. The van der Waals surface area contributed by atoms with E-state index in [1.165, 1.54) is 0 Å². The van der Waals surface area contributed by atoms with E-state index in [0.29, 0.717) is 12.5 Å². The Labute approximate surface area is 115 Å². The first-order valence-corrected chi connectivity index (χ1v) is 7.25. The largest absolute Gasteiger partial charge is 0.481 e. The smallest absolute Gasteiger partial charge is 0.305 e. The van der Waals surface area contributed by atoms with Crippen molar-refractivity contribution in [3.8, 4) is 0 Å². The van der Waals surface area contributed by atoms with Gasteiger partial charge >= 0.3 is 5.97 Å². The fourth-order valence-corrected chi connectivity index (χ4v) is 2.80. The highest BCUT2D eigenvalue weighted by Gasteiger charge is 2.31. The number of hydrogen-bond donors (Lipinski definition) is 2. The Balaban J connectivity index is 2.64. The second kappa shape index (κ2) is 7.48. The second-order valence-corrected chi connectivity index (χ2v) is 5.38. The maximum Gasteiger partial charge on any atom is 0.305 e. The number of carbonyl (C=O) groups excluding carboxylic acids is 1. The van der Waals surface area contributed by atoms with E-state index in [1.54, 1.807) is 11.8 Å². The summed E-state index contributed by atoms with van der Waals surface area (Å²) in [5.74, 6) is -0.208. The van der Waals surface area contributed by atoms with Gasteiger partial charge in [0.25, 0.3) is 0 Å². The number of nitrogens with one attached hydrogen (secondary N) is 1. The summed E-state index contributed by atoms with van der Waals surface area (Å²) >= 11 is 0. The van der Waals surface area contributed by atoms with Crippen LogP contribution < -0.4 is 5.32 Å². The molecule has 0 aromatic heterocycles. The lowest BCUT2D eigenvalue weighted by Crippen LogP contribution is -2.52. The van der Waals surface area contributed by atoms with Crippen LogP contribution in [0.25, 0.3) is 0 Å². The summed E-state index contributed by atoms with van der Waals surface area (Å²) in [5, 5.41) is 12.1. The van der Waals surface area contributed by atoms with Crippen LogP contribution in [0.2, 0.25) is 0 Å². The van der Waals surface area contributed by atoms with E-state index in [-0.39, 0.29) is 24.4 Å². The maximum absolute atomic E-state index is 12.5. The Hall–Kier alpha value is -1.10. The molecule has 1 heterocycles. The Morgan fingerprint density at radius 3 is 2.63 bits per heavy atom. The monoisotopic (exact) mass is 270 g/mol. The van der Waals surface area contributed by atoms with Gasteiger partial charge in [0.1, 0.15) is 0 Å². The fourth-order valence-electron chi connectivity index (χ4n) is 2.80. The number of amides is 1. The molecule has 5 heteroatoms. The lowest BCUT2D eigenvalue weighted by molar-refractivity contribution is -0.141. The molecule has 1 amide bonds. The van der Waals surface area contributed by atoms with Gasteiger partial charge in [0, 0.05) is 12.6 Å². The Kier molecular flexibility index (Phi) is 6.28. The van der Waals surface area contributed by atoms with Gasteiger partial charge in [0.15, 0.2) is 0 Å². The SMILES string of the molecule is CCC1CCNC(C(=O)N(CC)C(C)CC(=O)O)C1. The topological polar surface area (TPSA) is 69.6 Å². The van der Waals surface area contributed by atoms with Crippen molar-refractivity contribution in [2.75, 3.05) is 13.1 Å². The zero-order valence-corrected chi connectivity index (χ0v) is 12.2. The van der Waals surface area contributed by atoms with Gasteiger partial charge in [-0.3, -0.25) is 9.59 Å². The number of carboxylic acid groups (broad SMARTS) is 1. The molecule has 3 atom stereocenters. The molecule has 1 saturated heterocycles. The summed E-state index contributed by atoms with van der Waals surface area (Å²) in [7, 11) is 0. The van der Waals surface area contributed by atoms with Crippen LogP contribution in [0.15, 0.2) is 0 Å². The summed E-state index contributed by atoms with van der Waals surface area (Å²) < 4.78 is 0. The molecule has 19 heavy (non-hydrogen) atoms. The molecule has 0 radical (unpaired) electrons. The number of carboxylic acids is 1. The third-order valence-electron chi connectivity index (χ3n) is 4.01. The van der Waals surface area contributed by atoms with Crippen molar-refractivity contribution in [2.45, 2.75) is 58.5 Å². The van der Waals surface area contributed by atoms with E-state index < -0.39 is 5.97 Å². The third kappa shape index (κ3) is 4.49. The second-order valence-electron chi connectivity index (χ2n) is 5.38. The van der Waals surface area contributed by atoms with E-state index in [0.717, 1.165) is 25.8 Å². The van der Waals surface area contributed by atoms with Gasteiger partial charge in [-0.15, -0.1) is 0 Å². The number of piperidine rings is 1. The van der Waals surface area contributed by atoms with Gasteiger partial charge in [-0.2, -0.15) is 0 Å². The highest BCUT2D eigenvalue weighted by Crippen LogP contribution is 2.21. The van der Waals surface area contributed by atoms with Gasteiger partial charge in [0.05, 0.1) is 12.5 Å².